The Morgan fingerprint density at radius 1 is 1.35 bits per heavy atom. The van der Waals surface area contributed by atoms with Crippen LogP contribution in [0.5, 0.6) is 0 Å². The maximum Gasteiger partial charge on any atom is 0.135 e. The molecular weight excluding hydrogens is 210 g/mol. The second-order valence-corrected chi connectivity index (χ2v) is 4.57. The molecule has 2 nitrogen and oxygen atoms in total. The maximum absolute atomic E-state index is 11.6. The molecule has 1 aromatic rings. The first-order valence-corrected chi connectivity index (χ1v) is 6.13. The summed E-state index contributed by atoms with van der Waals surface area (Å²) in [5.74, 6) is 0.383. The number of rotatable bonds is 5. The molecule has 0 aromatic heterocycles. The third-order valence-electron chi connectivity index (χ3n) is 3.00. The second kappa shape index (κ2) is 6.20. The number of benzene rings is 1. The fourth-order valence-electron chi connectivity index (χ4n) is 1.82. The van der Waals surface area contributed by atoms with Crippen molar-refractivity contribution in [3.63, 3.8) is 0 Å². The van der Waals surface area contributed by atoms with Crippen LogP contribution in [-0.2, 0) is 17.6 Å². The fourth-order valence-corrected chi connectivity index (χ4v) is 1.82. The minimum Gasteiger partial charge on any atom is -0.299 e. The lowest BCUT2D eigenvalue weighted by Crippen LogP contribution is -2.08. The summed E-state index contributed by atoms with van der Waals surface area (Å²) >= 11 is 0. The van der Waals surface area contributed by atoms with Gasteiger partial charge in [0.1, 0.15) is 5.78 Å². The number of hydrogen-bond acceptors (Lipinski definition) is 2. The monoisotopic (exact) mass is 229 g/mol. The van der Waals surface area contributed by atoms with E-state index in [9.17, 15) is 4.79 Å². The number of ketones is 1. The number of carbonyl (C=O) groups is 1. The van der Waals surface area contributed by atoms with Crippen LogP contribution < -0.4 is 0 Å². The van der Waals surface area contributed by atoms with Crippen molar-refractivity contribution in [1.82, 2.24) is 0 Å². The highest BCUT2D eigenvalue weighted by Crippen LogP contribution is 2.15. The van der Waals surface area contributed by atoms with Crippen molar-refractivity contribution in [3.05, 3.63) is 34.9 Å². The molecule has 90 valence electrons. The second-order valence-electron chi connectivity index (χ2n) is 4.57. The Kier molecular flexibility index (Phi) is 4.90. The van der Waals surface area contributed by atoms with Gasteiger partial charge in [0.05, 0.1) is 11.6 Å². The van der Waals surface area contributed by atoms with Gasteiger partial charge in [-0.05, 0) is 36.1 Å². The molecule has 0 aliphatic rings. The van der Waals surface area contributed by atoms with Crippen LogP contribution in [0.1, 0.15) is 43.9 Å². The van der Waals surface area contributed by atoms with E-state index in [0.717, 1.165) is 18.4 Å². The van der Waals surface area contributed by atoms with Gasteiger partial charge in [-0.15, -0.1) is 0 Å². The number of carbonyl (C=O) groups excluding carboxylic acids is 1. The lowest BCUT2D eigenvalue weighted by molar-refractivity contribution is -0.121. The standard InChI is InChI=1S/C15H19NO/c1-4-13-6-5-12(10-16)9-14(13)7-8-15(17)11(2)3/h5-6,9,11H,4,7-8H2,1-3H3. The van der Waals surface area contributed by atoms with Crippen molar-refractivity contribution >= 4 is 5.78 Å². The number of hydrogen-bond donors (Lipinski definition) is 0. The first-order valence-electron chi connectivity index (χ1n) is 6.13. The largest absolute Gasteiger partial charge is 0.299 e. The molecule has 0 aliphatic carbocycles. The molecule has 0 heterocycles. The van der Waals surface area contributed by atoms with Crippen LogP contribution in [0.2, 0.25) is 0 Å². The highest BCUT2D eigenvalue weighted by atomic mass is 16.1. The topological polar surface area (TPSA) is 40.9 Å². The number of aryl methyl sites for hydroxylation is 2. The van der Waals surface area contributed by atoms with Crippen molar-refractivity contribution in [2.45, 2.75) is 40.0 Å². The summed E-state index contributed by atoms with van der Waals surface area (Å²) in [4.78, 5) is 11.6. The van der Waals surface area contributed by atoms with Crippen molar-refractivity contribution in [3.8, 4) is 6.07 Å². The Morgan fingerprint density at radius 2 is 2.06 bits per heavy atom. The summed E-state index contributed by atoms with van der Waals surface area (Å²) in [5.41, 5.74) is 3.05. The van der Waals surface area contributed by atoms with Gasteiger partial charge in [-0.2, -0.15) is 5.26 Å². The Bertz CT molecular complexity index is 441. The summed E-state index contributed by atoms with van der Waals surface area (Å²) in [6, 6.07) is 7.89. The van der Waals surface area contributed by atoms with Gasteiger partial charge in [-0.1, -0.05) is 26.8 Å². The van der Waals surface area contributed by atoms with Crippen molar-refractivity contribution < 1.29 is 4.79 Å². The van der Waals surface area contributed by atoms with Gasteiger partial charge in [0.25, 0.3) is 0 Å². The first kappa shape index (κ1) is 13.4. The van der Waals surface area contributed by atoms with E-state index < -0.39 is 0 Å². The van der Waals surface area contributed by atoms with Crippen LogP contribution in [0.15, 0.2) is 18.2 Å². The summed E-state index contributed by atoms with van der Waals surface area (Å²) in [5, 5.41) is 8.87. The first-order chi connectivity index (χ1) is 8.08. The highest BCUT2D eigenvalue weighted by Gasteiger charge is 2.09. The van der Waals surface area contributed by atoms with E-state index in [1.165, 1.54) is 5.56 Å². The third kappa shape index (κ3) is 3.71. The molecule has 0 spiro atoms. The molecule has 0 bridgehead atoms. The van der Waals surface area contributed by atoms with Crippen LogP contribution in [0, 0.1) is 17.2 Å². The van der Waals surface area contributed by atoms with E-state index >= 15 is 0 Å². The lowest BCUT2D eigenvalue weighted by Gasteiger charge is -2.09. The van der Waals surface area contributed by atoms with Crippen LogP contribution in [-0.4, -0.2) is 5.78 Å². The molecule has 0 atom stereocenters. The molecule has 0 unspecified atom stereocenters. The molecule has 0 amide bonds. The van der Waals surface area contributed by atoms with Gasteiger partial charge >= 0.3 is 0 Å². The van der Waals surface area contributed by atoms with Crippen molar-refractivity contribution in [1.29, 1.82) is 5.26 Å². The Labute approximate surface area is 103 Å². The number of nitriles is 1. The Balaban J connectivity index is 2.82. The molecule has 1 rings (SSSR count). The van der Waals surface area contributed by atoms with Gasteiger partial charge in [0.2, 0.25) is 0 Å². The minimum absolute atomic E-state index is 0.0965. The summed E-state index contributed by atoms with van der Waals surface area (Å²) < 4.78 is 0. The zero-order valence-electron chi connectivity index (χ0n) is 10.8. The number of Topliss-reactive ketones (excluding diaryl/α,β-unsaturated/α-hetero) is 1. The highest BCUT2D eigenvalue weighted by molar-refractivity contribution is 5.80. The summed E-state index contributed by atoms with van der Waals surface area (Å²) in [6.07, 6.45) is 2.26. The van der Waals surface area contributed by atoms with Crippen LogP contribution in [0.4, 0.5) is 0 Å². The van der Waals surface area contributed by atoms with E-state index in [2.05, 4.69) is 13.0 Å². The zero-order chi connectivity index (χ0) is 12.8. The van der Waals surface area contributed by atoms with E-state index in [1.807, 2.05) is 32.0 Å². The SMILES string of the molecule is CCc1ccc(C#N)cc1CCC(=O)C(C)C. The predicted molar refractivity (Wildman–Crippen MR) is 68.7 cm³/mol. The van der Waals surface area contributed by atoms with Crippen LogP contribution in [0.3, 0.4) is 0 Å². The Morgan fingerprint density at radius 3 is 2.59 bits per heavy atom. The third-order valence-corrected chi connectivity index (χ3v) is 3.00. The van der Waals surface area contributed by atoms with E-state index in [4.69, 9.17) is 5.26 Å². The summed E-state index contributed by atoms with van der Waals surface area (Å²) in [6.45, 7) is 5.94. The summed E-state index contributed by atoms with van der Waals surface area (Å²) in [7, 11) is 0. The van der Waals surface area contributed by atoms with Crippen LogP contribution in [0.25, 0.3) is 0 Å². The number of nitrogens with zero attached hydrogens (tertiary/aromatic N) is 1. The molecule has 0 fully saturated rings. The molecule has 0 N–H and O–H groups in total. The lowest BCUT2D eigenvalue weighted by atomic mass is 9.95. The van der Waals surface area contributed by atoms with Crippen LogP contribution >= 0.6 is 0 Å². The van der Waals surface area contributed by atoms with Gasteiger partial charge in [0, 0.05) is 12.3 Å². The van der Waals surface area contributed by atoms with Gasteiger partial charge in [-0.25, -0.2) is 0 Å². The minimum atomic E-state index is 0.0965. The van der Waals surface area contributed by atoms with Gasteiger partial charge in [0.15, 0.2) is 0 Å². The fraction of sp³-hybridized carbons (Fsp3) is 0.467. The van der Waals surface area contributed by atoms with E-state index in [1.54, 1.807) is 0 Å². The van der Waals surface area contributed by atoms with Crippen molar-refractivity contribution in [2.24, 2.45) is 5.92 Å². The van der Waals surface area contributed by atoms with Gasteiger partial charge in [-0.3, -0.25) is 4.79 Å². The van der Waals surface area contributed by atoms with E-state index in [0.29, 0.717) is 12.0 Å². The molecule has 2 heteroatoms. The predicted octanol–water partition coefficient (Wildman–Crippen LogP) is 3.28. The molecule has 0 aliphatic heterocycles. The average molecular weight is 229 g/mol. The maximum atomic E-state index is 11.6. The quantitative estimate of drug-likeness (QED) is 0.777. The zero-order valence-corrected chi connectivity index (χ0v) is 10.8. The molecule has 0 saturated carbocycles. The normalized spacial score (nSPS) is 10.3. The molecule has 17 heavy (non-hydrogen) atoms. The van der Waals surface area contributed by atoms with Crippen molar-refractivity contribution in [2.75, 3.05) is 0 Å². The smallest absolute Gasteiger partial charge is 0.135 e. The average Bonchev–Trinajstić information content (AvgIpc) is 2.35. The van der Waals surface area contributed by atoms with E-state index in [-0.39, 0.29) is 11.7 Å². The Hall–Kier alpha value is -1.62. The molecular formula is C15H19NO. The van der Waals surface area contributed by atoms with Gasteiger partial charge < -0.3 is 0 Å². The molecule has 0 saturated heterocycles. The molecule has 0 radical (unpaired) electrons. The molecule has 1 aromatic carbocycles.